The van der Waals surface area contributed by atoms with Crippen LogP contribution in [0, 0.1) is 0 Å². The Balaban J connectivity index is 1.54. The molecule has 0 saturated carbocycles. The van der Waals surface area contributed by atoms with Crippen molar-refractivity contribution in [1.29, 1.82) is 0 Å². The van der Waals surface area contributed by atoms with Crippen LogP contribution in [0.15, 0.2) is 76.7 Å². The van der Waals surface area contributed by atoms with Crippen LogP contribution < -0.4 is 10.9 Å². The summed E-state index contributed by atoms with van der Waals surface area (Å²) in [7, 11) is 0. The third-order valence-corrected chi connectivity index (χ3v) is 6.76. The number of nitrogens with one attached hydrogen (secondary N) is 1. The first-order chi connectivity index (χ1) is 15.5. The van der Waals surface area contributed by atoms with E-state index in [1.165, 1.54) is 11.8 Å². The molecule has 0 spiro atoms. The lowest BCUT2D eigenvalue weighted by molar-refractivity contribution is -0.119. The van der Waals surface area contributed by atoms with Crippen molar-refractivity contribution in [3.05, 3.63) is 82.6 Å². The van der Waals surface area contributed by atoms with Gasteiger partial charge in [0.25, 0.3) is 5.56 Å². The van der Waals surface area contributed by atoms with Gasteiger partial charge in [-0.15, -0.1) is 0 Å². The molecule has 32 heavy (non-hydrogen) atoms. The molecule has 0 saturated heterocycles. The predicted molar refractivity (Wildman–Crippen MR) is 132 cm³/mol. The first-order valence-electron chi connectivity index (χ1n) is 10.9. The Morgan fingerprint density at radius 2 is 1.69 bits per heavy atom. The Bertz CT molecular complexity index is 1330. The minimum absolute atomic E-state index is 0.000209. The Kier molecular flexibility index (Phi) is 6.61. The first-order valence-corrected chi connectivity index (χ1v) is 11.9. The number of benzene rings is 3. The van der Waals surface area contributed by atoms with E-state index in [2.05, 4.69) is 23.5 Å². The number of hydrogen-bond acceptors (Lipinski definition) is 4. The van der Waals surface area contributed by atoms with Crippen molar-refractivity contribution >= 4 is 39.3 Å². The van der Waals surface area contributed by atoms with Gasteiger partial charge in [0.1, 0.15) is 0 Å². The molecule has 5 nitrogen and oxygen atoms in total. The summed E-state index contributed by atoms with van der Waals surface area (Å²) in [4.78, 5) is 30.6. The van der Waals surface area contributed by atoms with Gasteiger partial charge in [0.2, 0.25) is 5.91 Å². The van der Waals surface area contributed by atoms with Gasteiger partial charge in [-0.05, 0) is 48.7 Å². The Morgan fingerprint density at radius 3 is 2.47 bits per heavy atom. The highest BCUT2D eigenvalue weighted by Gasteiger charge is 2.18. The molecule has 3 aromatic carbocycles. The van der Waals surface area contributed by atoms with E-state index in [4.69, 9.17) is 4.98 Å². The van der Waals surface area contributed by atoms with Gasteiger partial charge in [-0.3, -0.25) is 14.2 Å². The van der Waals surface area contributed by atoms with E-state index in [1.807, 2.05) is 63.2 Å². The van der Waals surface area contributed by atoms with E-state index in [0.29, 0.717) is 16.1 Å². The fourth-order valence-electron chi connectivity index (χ4n) is 3.92. The fraction of sp³-hybridized carbons (Fsp3) is 0.269. The van der Waals surface area contributed by atoms with Crippen LogP contribution in [0.5, 0.6) is 0 Å². The van der Waals surface area contributed by atoms with E-state index in [1.54, 1.807) is 10.6 Å². The lowest BCUT2D eigenvalue weighted by Crippen LogP contribution is -2.30. The van der Waals surface area contributed by atoms with Gasteiger partial charge in [0.15, 0.2) is 5.16 Å². The number of rotatable bonds is 7. The van der Waals surface area contributed by atoms with Gasteiger partial charge in [-0.1, -0.05) is 73.3 Å². The molecule has 1 N–H and O–H groups in total. The summed E-state index contributed by atoms with van der Waals surface area (Å²) >= 11 is 1.31. The molecule has 4 aromatic rings. The molecular weight excluding hydrogens is 418 g/mol. The molecule has 1 heterocycles. The Labute approximate surface area is 191 Å². The van der Waals surface area contributed by atoms with Crippen LogP contribution >= 0.6 is 11.8 Å². The largest absolute Gasteiger partial charge is 0.349 e. The average Bonchev–Trinajstić information content (AvgIpc) is 2.82. The summed E-state index contributed by atoms with van der Waals surface area (Å²) in [5.74, 6) is 0.101. The second kappa shape index (κ2) is 9.57. The molecular formula is C26H27N3O2S. The highest BCUT2D eigenvalue weighted by molar-refractivity contribution is 7.99. The molecule has 1 amide bonds. The normalized spacial score (nSPS) is 13.2. The van der Waals surface area contributed by atoms with Gasteiger partial charge in [-0.25, -0.2) is 4.98 Å². The number of aromatic nitrogens is 2. The monoisotopic (exact) mass is 445 g/mol. The zero-order valence-electron chi connectivity index (χ0n) is 18.5. The smallest absolute Gasteiger partial charge is 0.262 e. The van der Waals surface area contributed by atoms with E-state index < -0.39 is 0 Å². The third-order valence-electron chi connectivity index (χ3n) is 5.81. The summed E-state index contributed by atoms with van der Waals surface area (Å²) in [6.07, 6.45) is 0.803. The standard InChI is InChI=1S/C26H27N3O2S/c1-4-17(2)29-25(31)22-13-7-8-15-23(22)28-26(29)32-16-24(30)27-18(3)20-14-9-11-19-10-5-6-12-21(19)20/h5-15,17-18H,4,16H2,1-3H3,(H,27,30)/t17-,18+/m1/s1. The molecule has 0 radical (unpaired) electrons. The van der Waals surface area contributed by atoms with Crippen LogP contribution in [0.2, 0.25) is 0 Å². The highest BCUT2D eigenvalue weighted by atomic mass is 32.2. The second-order valence-corrected chi connectivity index (χ2v) is 8.93. The van der Waals surface area contributed by atoms with Gasteiger partial charge >= 0.3 is 0 Å². The SMILES string of the molecule is CC[C@@H](C)n1c(SCC(=O)N[C@@H](C)c2cccc3ccccc23)nc2ccccc2c1=O. The molecule has 2 atom stereocenters. The van der Waals surface area contributed by atoms with Crippen LogP contribution in [0.1, 0.15) is 44.8 Å². The average molecular weight is 446 g/mol. The van der Waals surface area contributed by atoms with Crippen molar-refractivity contribution in [2.24, 2.45) is 0 Å². The lowest BCUT2D eigenvalue weighted by atomic mass is 10.00. The van der Waals surface area contributed by atoms with E-state index in [9.17, 15) is 9.59 Å². The van der Waals surface area contributed by atoms with E-state index >= 15 is 0 Å². The van der Waals surface area contributed by atoms with E-state index in [0.717, 1.165) is 22.8 Å². The molecule has 0 aliphatic carbocycles. The van der Waals surface area contributed by atoms with Crippen molar-refractivity contribution in [3.8, 4) is 0 Å². The summed E-state index contributed by atoms with van der Waals surface area (Å²) in [5.41, 5.74) is 1.68. The lowest BCUT2D eigenvalue weighted by Gasteiger charge is -2.19. The molecule has 1 aromatic heterocycles. The molecule has 0 unspecified atom stereocenters. The highest BCUT2D eigenvalue weighted by Crippen LogP contribution is 2.25. The van der Waals surface area contributed by atoms with Crippen LogP contribution in [-0.4, -0.2) is 21.2 Å². The Hall–Kier alpha value is -3.12. The maximum absolute atomic E-state index is 13.1. The summed E-state index contributed by atoms with van der Waals surface area (Å²) in [5, 5.41) is 6.57. The molecule has 164 valence electrons. The maximum Gasteiger partial charge on any atom is 0.262 e. The van der Waals surface area contributed by atoms with Gasteiger partial charge < -0.3 is 5.32 Å². The van der Waals surface area contributed by atoms with Gasteiger partial charge in [0.05, 0.1) is 22.7 Å². The van der Waals surface area contributed by atoms with Crippen molar-refractivity contribution in [3.63, 3.8) is 0 Å². The number of carbonyl (C=O) groups excluding carboxylic acids is 1. The minimum atomic E-state index is -0.129. The number of carbonyl (C=O) groups is 1. The zero-order chi connectivity index (χ0) is 22.7. The van der Waals surface area contributed by atoms with E-state index in [-0.39, 0.29) is 29.3 Å². The topological polar surface area (TPSA) is 64.0 Å². The zero-order valence-corrected chi connectivity index (χ0v) is 19.4. The fourth-order valence-corrected chi connectivity index (χ4v) is 4.83. The number of hydrogen-bond donors (Lipinski definition) is 1. The number of para-hydroxylation sites is 1. The molecule has 0 fully saturated rings. The van der Waals surface area contributed by atoms with Crippen molar-refractivity contribution in [2.45, 2.75) is 44.4 Å². The summed E-state index contributed by atoms with van der Waals surface area (Å²) < 4.78 is 1.72. The second-order valence-electron chi connectivity index (χ2n) is 7.99. The quantitative estimate of drug-likeness (QED) is 0.302. The molecule has 0 bridgehead atoms. The minimum Gasteiger partial charge on any atom is -0.349 e. The Morgan fingerprint density at radius 1 is 1.00 bits per heavy atom. The number of thioether (sulfide) groups is 1. The summed E-state index contributed by atoms with van der Waals surface area (Å²) in [6.45, 7) is 6.04. The number of fused-ring (bicyclic) bond motifs is 2. The van der Waals surface area contributed by atoms with Crippen LogP contribution in [0.4, 0.5) is 0 Å². The van der Waals surface area contributed by atoms with Crippen LogP contribution in [0.25, 0.3) is 21.7 Å². The summed E-state index contributed by atoms with van der Waals surface area (Å²) in [6, 6.07) is 21.5. The number of nitrogens with zero attached hydrogens (tertiary/aromatic N) is 2. The van der Waals surface area contributed by atoms with Crippen LogP contribution in [0.3, 0.4) is 0 Å². The molecule has 0 aliphatic rings. The first kappa shape index (κ1) is 22.1. The molecule has 0 aliphatic heterocycles. The molecule has 6 heteroatoms. The van der Waals surface area contributed by atoms with Crippen molar-refractivity contribution in [2.75, 3.05) is 5.75 Å². The molecule has 4 rings (SSSR count). The van der Waals surface area contributed by atoms with Crippen LogP contribution in [-0.2, 0) is 4.79 Å². The van der Waals surface area contributed by atoms with Gasteiger partial charge in [-0.2, -0.15) is 0 Å². The predicted octanol–water partition coefficient (Wildman–Crippen LogP) is 5.49. The third kappa shape index (κ3) is 4.41. The maximum atomic E-state index is 13.1. The van der Waals surface area contributed by atoms with Gasteiger partial charge in [0, 0.05) is 6.04 Å². The number of amides is 1. The van der Waals surface area contributed by atoms with Crippen molar-refractivity contribution < 1.29 is 4.79 Å². The van der Waals surface area contributed by atoms with Crippen molar-refractivity contribution in [1.82, 2.24) is 14.9 Å².